The van der Waals surface area contributed by atoms with Crippen LogP contribution in [0.3, 0.4) is 0 Å². The van der Waals surface area contributed by atoms with Crippen molar-refractivity contribution in [3.8, 4) is 0 Å². The van der Waals surface area contributed by atoms with Crippen LogP contribution in [0.4, 0.5) is 0 Å². The van der Waals surface area contributed by atoms with Gasteiger partial charge in [-0.05, 0) is 24.3 Å². The van der Waals surface area contributed by atoms with E-state index in [1.165, 1.54) is 0 Å². The van der Waals surface area contributed by atoms with E-state index in [4.69, 9.17) is 18.0 Å². The summed E-state index contributed by atoms with van der Waals surface area (Å²) < 4.78 is 26.6. The molecule has 0 amide bonds. The Morgan fingerprint density at radius 2 is 2.05 bits per heavy atom. The molecule has 1 saturated carbocycles. The van der Waals surface area contributed by atoms with E-state index >= 15 is 0 Å². The molecular formula is C14H20N2O2S2. The molecule has 0 unspecified atom stereocenters. The summed E-state index contributed by atoms with van der Waals surface area (Å²) in [6.45, 7) is 3.02. The van der Waals surface area contributed by atoms with Crippen molar-refractivity contribution < 1.29 is 8.42 Å². The van der Waals surface area contributed by atoms with E-state index in [-0.39, 0.29) is 10.7 Å². The Balaban J connectivity index is 2.20. The van der Waals surface area contributed by atoms with Crippen molar-refractivity contribution in [1.29, 1.82) is 0 Å². The van der Waals surface area contributed by atoms with Crippen LogP contribution in [-0.4, -0.2) is 30.8 Å². The second kappa shape index (κ2) is 6.20. The lowest BCUT2D eigenvalue weighted by Gasteiger charge is -2.21. The van der Waals surface area contributed by atoms with Crippen molar-refractivity contribution in [2.45, 2.75) is 25.5 Å². The van der Waals surface area contributed by atoms with Gasteiger partial charge < -0.3 is 5.73 Å². The molecule has 0 heterocycles. The fourth-order valence-electron chi connectivity index (χ4n) is 2.20. The van der Waals surface area contributed by atoms with Gasteiger partial charge in [0, 0.05) is 18.7 Å². The minimum Gasteiger partial charge on any atom is -0.389 e. The first kappa shape index (κ1) is 15.4. The summed E-state index contributed by atoms with van der Waals surface area (Å²) in [7, 11) is -3.32. The molecule has 0 bridgehead atoms. The lowest BCUT2D eigenvalue weighted by atomic mass is 10.1. The van der Waals surface area contributed by atoms with E-state index in [1.54, 1.807) is 16.4 Å². The topological polar surface area (TPSA) is 63.4 Å². The van der Waals surface area contributed by atoms with Gasteiger partial charge >= 0.3 is 0 Å². The fourth-order valence-corrected chi connectivity index (χ4v) is 4.06. The third-order valence-electron chi connectivity index (χ3n) is 3.53. The number of nitrogens with two attached hydrogens (primary N) is 1. The molecule has 0 atom stereocenters. The van der Waals surface area contributed by atoms with E-state index in [2.05, 4.69) is 0 Å². The molecule has 0 spiro atoms. The Kier molecular flexibility index (Phi) is 4.78. The van der Waals surface area contributed by atoms with Gasteiger partial charge in [0.2, 0.25) is 10.0 Å². The largest absolute Gasteiger partial charge is 0.389 e. The van der Waals surface area contributed by atoms with Crippen molar-refractivity contribution in [2.75, 3.05) is 13.1 Å². The molecule has 0 radical (unpaired) electrons. The summed E-state index contributed by atoms with van der Waals surface area (Å²) in [4.78, 5) is 0.237. The number of benzene rings is 1. The minimum absolute atomic E-state index is 0.0406. The van der Waals surface area contributed by atoms with Crippen molar-refractivity contribution in [3.63, 3.8) is 0 Å². The predicted octanol–water partition coefficient (Wildman–Crippen LogP) is 1.88. The first-order valence-electron chi connectivity index (χ1n) is 6.79. The minimum atomic E-state index is -3.32. The molecule has 110 valence electrons. The Hall–Kier alpha value is -0.980. The van der Waals surface area contributed by atoms with Crippen LogP contribution in [0.25, 0.3) is 0 Å². The Morgan fingerprint density at radius 1 is 1.40 bits per heavy atom. The van der Waals surface area contributed by atoms with Crippen LogP contribution < -0.4 is 5.73 Å². The lowest BCUT2D eigenvalue weighted by molar-refractivity contribution is 0.411. The second-order valence-corrected chi connectivity index (χ2v) is 7.58. The van der Waals surface area contributed by atoms with Crippen LogP contribution in [0.1, 0.15) is 30.9 Å². The van der Waals surface area contributed by atoms with Gasteiger partial charge in [0.05, 0.1) is 5.75 Å². The molecule has 6 heteroatoms. The molecule has 0 aromatic heterocycles. The molecule has 0 aliphatic heterocycles. The first-order chi connectivity index (χ1) is 9.44. The molecule has 0 saturated heterocycles. The van der Waals surface area contributed by atoms with E-state index < -0.39 is 10.0 Å². The average Bonchev–Trinajstić information content (AvgIpc) is 3.19. The maximum absolute atomic E-state index is 12.5. The summed E-state index contributed by atoms with van der Waals surface area (Å²) in [5.74, 6) is 0.497. The van der Waals surface area contributed by atoms with Gasteiger partial charge in [-0.2, -0.15) is 0 Å². The highest BCUT2D eigenvalue weighted by atomic mass is 32.2. The standard InChI is InChI=1S/C14H20N2O2S2/c1-2-16(9-11-7-8-11)20(17,18)10-12-5-3-4-6-13(12)14(15)19/h3-6,11H,2,7-10H2,1H3,(H2,15,19). The molecule has 1 fully saturated rings. The van der Waals surface area contributed by atoms with Gasteiger partial charge in [-0.25, -0.2) is 12.7 Å². The van der Waals surface area contributed by atoms with Crippen LogP contribution in [0.5, 0.6) is 0 Å². The summed E-state index contributed by atoms with van der Waals surface area (Å²) in [5, 5.41) is 0. The van der Waals surface area contributed by atoms with Crippen molar-refractivity contribution in [3.05, 3.63) is 35.4 Å². The predicted molar refractivity (Wildman–Crippen MR) is 84.9 cm³/mol. The maximum Gasteiger partial charge on any atom is 0.218 e. The highest BCUT2D eigenvalue weighted by Crippen LogP contribution is 2.31. The smallest absolute Gasteiger partial charge is 0.218 e. The third-order valence-corrected chi connectivity index (χ3v) is 5.62. The third kappa shape index (κ3) is 3.77. The van der Waals surface area contributed by atoms with Crippen LogP contribution in [0, 0.1) is 5.92 Å². The summed E-state index contributed by atoms with van der Waals surface area (Å²) in [5.41, 5.74) is 6.98. The number of sulfonamides is 1. The van der Waals surface area contributed by atoms with Crippen molar-refractivity contribution in [1.82, 2.24) is 4.31 Å². The zero-order valence-electron chi connectivity index (χ0n) is 11.6. The average molecular weight is 312 g/mol. The molecule has 4 nitrogen and oxygen atoms in total. The maximum atomic E-state index is 12.5. The molecule has 2 rings (SSSR count). The van der Waals surface area contributed by atoms with Gasteiger partial charge in [0.25, 0.3) is 0 Å². The summed E-state index contributed by atoms with van der Waals surface area (Å²) in [6.07, 6.45) is 2.27. The SMILES string of the molecule is CCN(CC1CC1)S(=O)(=O)Cc1ccccc1C(N)=S. The van der Waals surface area contributed by atoms with Crippen molar-refractivity contribution in [2.24, 2.45) is 11.7 Å². The van der Waals surface area contributed by atoms with Crippen molar-refractivity contribution >= 4 is 27.2 Å². The Labute approximate surface area is 126 Å². The number of thiocarbonyl (C=S) groups is 1. The molecule has 1 aromatic rings. The molecule has 1 aromatic carbocycles. The molecular weight excluding hydrogens is 292 g/mol. The fraction of sp³-hybridized carbons (Fsp3) is 0.500. The second-order valence-electron chi connectivity index (χ2n) is 5.17. The zero-order chi connectivity index (χ0) is 14.8. The summed E-state index contributed by atoms with van der Waals surface area (Å²) in [6, 6.07) is 7.16. The molecule has 20 heavy (non-hydrogen) atoms. The van der Waals surface area contributed by atoms with Crippen LogP contribution in [0.15, 0.2) is 24.3 Å². The normalized spacial score (nSPS) is 15.5. The van der Waals surface area contributed by atoms with Gasteiger partial charge in [-0.15, -0.1) is 0 Å². The molecule has 1 aliphatic rings. The summed E-state index contributed by atoms with van der Waals surface area (Å²) >= 11 is 4.98. The lowest BCUT2D eigenvalue weighted by Crippen LogP contribution is -2.34. The number of rotatable bonds is 7. The number of nitrogens with zero attached hydrogens (tertiary/aromatic N) is 1. The number of hydrogen-bond donors (Lipinski definition) is 1. The van der Waals surface area contributed by atoms with Gasteiger partial charge in [0.1, 0.15) is 4.99 Å². The van der Waals surface area contributed by atoms with Gasteiger partial charge in [-0.3, -0.25) is 0 Å². The van der Waals surface area contributed by atoms with E-state index in [1.807, 2.05) is 19.1 Å². The quantitative estimate of drug-likeness (QED) is 0.781. The van der Waals surface area contributed by atoms with E-state index in [0.717, 1.165) is 12.8 Å². The number of hydrogen-bond acceptors (Lipinski definition) is 3. The van der Waals surface area contributed by atoms with Crippen LogP contribution in [0.2, 0.25) is 0 Å². The highest BCUT2D eigenvalue weighted by Gasteiger charge is 2.30. The zero-order valence-corrected chi connectivity index (χ0v) is 13.2. The van der Waals surface area contributed by atoms with E-state index in [0.29, 0.717) is 30.1 Å². The van der Waals surface area contributed by atoms with Crippen LogP contribution in [-0.2, 0) is 15.8 Å². The Bertz CT molecular complexity index is 595. The van der Waals surface area contributed by atoms with Crippen LogP contribution >= 0.6 is 12.2 Å². The Morgan fingerprint density at radius 3 is 2.60 bits per heavy atom. The highest BCUT2D eigenvalue weighted by molar-refractivity contribution is 7.88. The van der Waals surface area contributed by atoms with Gasteiger partial charge in [-0.1, -0.05) is 43.4 Å². The molecule has 1 aliphatic carbocycles. The monoisotopic (exact) mass is 312 g/mol. The first-order valence-corrected chi connectivity index (χ1v) is 8.81. The molecule has 2 N–H and O–H groups in total. The van der Waals surface area contributed by atoms with Gasteiger partial charge in [0.15, 0.2) is 0 Å². The van der Waals surface area contributed by atoms with E-state index in [9.17, 15) is 8.42 Å².